The van der Waals surface area contributed by atoms with Crippen LogP contribution >= 0.6 is 0 Å². The minimum Gasteiger partial charge on any atom is -0.326 e. The van der Waals surface area contributed by atoms with E-state index < -0.39 is 15.6 Å². The van der Waals surface area contributed by atoms with Crippen LogP contribution in [0.2, 0.25) is 0 Å². The van der Waals surface area contributed by atoms with Crippen molar-refractivity contribution in [2.45, 2.75) is 11.8 Å². The highest BCUT2D eigenvalue weighted by Gasteiger charge is 2.13. The number of benzene rings is 2. The molecular weight excluding hydrogens is 398 g/mol. The van der Waals surface area contributed by atoms with E-state index in [0.29, 0.717) is 16.1 Å². The minimum absolute atomic E-state index is 0.197. The van der Waals surface area contributed by atoms with Gasteiger partial charge in [0.05, 0.1) is 15.3 Å². The zero-order valence-corrected chi connectivity index (χ0v) is 17.3. The van der Waals surface area contributed by atoms with Crippen LogP contribution in [0.3, 0.4) is 0 Å². The Balaban J connectivity index is 1.88. The Bertz CT molecular complexity index is 1280. The van der Waals surface area contributed by atoms with E-state index >= 15 is 0 Å². The maximum Gasteiger partial charge on any atom is 0.286 e. The fourth-order valence-electron chi connectivity index (χ4n) is 2.57. The monoisotopic (exact) mass is 417 g/mol. The van der Waals surface area contributed by atoms with Crippen LogP contribution in [0.5, 0.6) is 0 Å². The summed E-state index contributed by atoms with van der Waals surface area (Å²) >= 11 is 0. The van der Waals surface area contributed by atoms with Crippen molar-refractivity contribution in [3.8, 4) is 11.8 Å². The van der Waals surface area contributed by atoms with Gasteiger partial charge in [-0.05, 0) is 36.4 Å². The van der Waals surface area contributed by atoms with Gasteiger partial charge in [0, 0.05) is 47.3 Å². The molecule has 0 saturated carbocycles. The molecule has 7 heteroatoms. The summed E-state index contributed by atoms with van der Waals surface area (Å²) < 4.78 is 17.0. The number of nitrogens with zero attached hydrogens (tertiary/aromatic N) is 2. The molecule has 1 aromatic heterocycles. The van der Waals surface area contributed by atoms with E-state index in [1.54, 1.807) is 36.5 Å². The van der Waals surface area contributed by atoms with Crippen LogP contribution in [-0.4, -0.2) is 27.3 Å². The molecule has 0 aliphatic heterocycles. The second-order valence-electron chi connectivity index (χ2n) is 6.49. The molecule has 1 unspecified atom stereocenters. The fraction of sp³-hybridized carbons (Fsp3) is 0.0870. The molecule has 0 spiro atoms. The molecule has 2 amide bonds. The molecule has 0 radical (unpaired) electrons. The molecule has 0 fully saturated rings. The molecule has 1 N–H and O–H groups in total. The van der Waals surface area contributed by atoms with E-state index in [0.717, 1.165) is 5.56 Å². The van der Waals surface area contributed by atoms with Crippen molar-refractivity contribution in [2.75, 3.05) is 11.6 Å². The molecule has 0 aliphatic carbocycles. The largest absolute Gasteiger partial charge is 0.326 e. The Kier molecular flexibility index (Phi) is 6.40. The first-order valence-corrected chi connectivity index (χ1v) is 10.9. The second-order valence-corrected chi connectivity index (χ2v) is 8.75. The van der Waals surface area contributed by atoms with E-state index in [1.807, 2.05) is 30.3 Å². The van der Waals surface area contributed by atoms with Gasteiger partial charge in [-0.3, -0.25) is 14.6 Å². The Morgan fingerprint density at radius 1 is 0.967 bits per heavy atom. The molecule has 6 nitrogen and oxygen atoms in total. The van der Waals surface area contributed by atoms with Gasteiger partial charge in [-0.15, -0.1) is 0 Å². The van der Waals surface area contributed by atoms with E-state index in [2.05, 4.69) is 26.5 Å². The van der Waals surface area contributed by atoms with Crippen LogP contribution in [0.1, 0.15) is 28.4 Å². The fourth-order valence-corrected chi connectivity index (χ4v) is 3.77. The zero-order valence-electron chi connectivity index (χ0n) is 16.5. The summed E-state index contributed by atoms with van der Waals surface area (Å²) in [6.07, 6.45) is 4.29. The SMILES string of the molecule is CC(=O)Nc1cccc(S(C)(=O)=NC(=O)c2cncc(C#Cc3ccccc3)c2)c1. The molecule has 3 aromatic rings. The molecule has 3 rings (SSSR count). The lowest BCUT2D eigenvalue weighted by Crippen LogP contribution is -2.08. The molecular formula is C23H19N3O3S. The minimum atomic E-state index is -3.02. The lowest BCUT2D eigenvalue weighted by Gasteiger charge is -2.07. The Labute approximate surface area is 175 Å². The van der Waals surface area contributed by atoms with E-state index in [4.69, 9.17) is 0 Å². The van der Waals surface area contributed by atoms with Gasteiger partial charge in [-0.2, -0.15) is 4.36 Å². The van der Waals surface area contributed by atoms with Crippen molar-refractivity contribution >= 4 is 27.2 Å². The highest BCUT2D eigenvalue weighted by atomic mass is 32.2. The third-order valence-corrected chi connectivity index (χ3v) is 5.60. The predicted octanol–water partition coefficient (Wildman–Crippen LogP) is 3.74. The Morgan fingerprint density at radius 3 is 2.43 bits per heavy atom. The number of anilines is 1. The number of carbonyl (C=O) groups is 2. The molecule has 2 aromatic carbocycles. The molecule has 0 aliphatic rings. The topological polar surface area (TPSA) is 88.5 Å². The van der Waals surface area contributed by atoms with Crippen LogP contribution in [0.25, 0.3) is 0 Å². The lowest BCUT2D eigenvalue weighted by molar-refractivity contribution is -0.114. The van der Waals surface area contributed by atoms with Crippen molar-refractivity contribution in [2.24, 2.45) is 4.36 Å². The van der Waals surface area contributed by atoms with E-state index in [1.165, 1.54) is 19.4 Å². The molecule has 1 atom stereocenters. The predicted molar refractivity (Wildman–Crippen MR) is 116 cm³/mol. The van der Waals surface area contributed by atoms with E-state index in [-0.39, 0.29) is 11.5 Å². The van der Waals surface area contributed by atoms with Gasteiger partial charge in [-0.25, -0.2) is 4.21 Å². The van der Waals surface area contributed by atoms with Crippen molar-refractivity contribution in [1.29, 1.82) is 0 Å². The number of rotatable bonds is 3. The quantitative estimate of drug-likeness (QED) is 0.658. The second kappa shape index (κ2) is 9.16. The standard InChI is InChI=1S/C23H19N3O3S/c1-17(27)25-21-9-6-10-22(14-21)30(2,29)26-23(28)20-13-19(15-24-16-20)12-11-18-7-4-3-5-8-18/h3-10,13-16H,1-2H3,(H,25,27). The number of hydrogen-bond donors (Lipinski definition) is 1. The van der Waals surface area contributed by atoms with Gasteiger partial charge < -0.3 is 5.32 Å². The third-order valence-electron chi connectivity index (χ3n) is 3.96. The van der Waals surface area contributed by atoms with Crippen LogP contribution in [0.15, 0.2) is 82.3 Å². The van der Waals surface area contributed by atoms with Gasteiger partial charge in [0.15, 0.2) is 0 Å². The average molecular weight is 417 g/mol. The molecule has 0 saturated heterocycles. The third kappa shape index (κ3) is 5.63. The van der Waals surface area contributed by atoms with Crippen molar-refractivity contribution < 1.29 is 13.8 Å². The summed E-state index contributed by atoms with van der Waals surface area (Å²) in [6.45, 7) is 1.38. The maximum absolute atomic E-state index is 13.1. The van der Waals surface area contributed by atoms with Gasteiger partial charge in [0.2, 0.25) is 5.91 Å². The summed E-state index contributed by atoms with van der Waals surface area (Å²) in [4.78, 5) is 28.2. The van der Waals surface area contributed by atoms with Gasteiger partial charge in [0.1, 0.15) is 0 Å². The van der Waals surface area contributed by atoms with Gasteiger partial charge in [-0.1, -0.05) is 36.1 Å². The maximum atomic E-state index is 13.1. The van der Waals surface area contributed by atoms with Gasteiger partial charge in [0.25, 0.3) is 5.91 Å². The summed E-state index contributed by atoms with van der Waals surface area (Å²) in [6, 6.07) is 17.5. The van der Waals surface area contributed by atoms with Crippen LogP contribution < -0.4 is 5.32 Å². The highest BCUT2D eigenvalue weighted by Crippen LogP contribution is 2.18. The van der Waals surface area contributed by atoms with Crippen LogP contribution in [0.4, 0.5) is 5.69 Å². The van der Waals surface area contributed by atoms with E-state index in [9.17, 15) is 13.8 Å². The molecule has 30 heavy (non-hydrogen) atoms. The average Bonchev–Trinajstić information content (AvgIpc) is 2.73. The zero-order chi connectivity index (χ0) is 21.6. The molecule has 1 heterocycles. The number of hydrogen-bond acceptors (Lipinski definition) is 4. The first-order chi connectivity index (χ1) is 14.3. The normalized spacial score (nSPS) is 12.1. The first kappa shape index (κ1) is 21.0. The summed E-state index contributed by atoms with van der Waals surface area (Å²) in [5, 5.41) is 2.62. The van der Waals surface area contributed by atoms with Crippen molar-refractivity contribution in [3.05, 3.63) is 89.7 Å². The number of pyridine rings is 1. The number of amides is 2. The summed E-state index contributed by atoms with van der Waals surface area (Å²) in [5.74, 6) is 5.06. The van der Waals surface area contributed by atoms with Crippen molar-refractivity contribution in [3.63, 3.8) is 0 Å². The molecule has 0 bridgehead atoms. The smallest absolute Gasteiger partial charge is 0.286 e. The number of aromatic nitrogens is 1. The highest BCUT2D eigenvalue weighted by molar-refractivity contribution is 7.93. The van der Waals surface area contributed by atoms with Crippen LogP contribution in [-0.2, 0) is 14.5 Å². The number of carbonyl (C=O) groups excluding carboxylic acids is 2. The Hall–Kier alpha value is -3.76. The summed E-state index contributed by atoms with van der Waals surface area (Å²) in [7, 11) is -3.02. The lowest BCUT2D eigenvalue weighted by atomic mass is 10.2. The number of nitrogens with one attached hydrogen (secondary N) is 1. The molecule has 150 valence electrons. The van der Waals surface area contributed by atoms with Crippen molar-refractivity contribution in [1.82, 2.24) is 4.98 Å². The van der Waals surface area contributed by atoms with Gasteiger partial charge >= 0.3 is 0 Å². The Morgan fingerprint density at radius 2 is 1.70 bits per heavy atom. The first-order valence-electron chi connectivity index (χ1n) is 9.00. The summed E-state index contributed by atoms with van der Waals surface area (Å²) in [5.41, 5.74) is 2.07. The van der Waals surface area contributed by atoms with Crippen LogP contribution in [0, 0.1) is 11.8 Å².